The fraction of sp³-hybridized carbons (Fsp3) is 0.556. The number of hydrogen-bond acceptors (Lipinski definition) is 0. The monoisotopic (exact) mass is 198 g/mol. The van der Waals surface area contributed by atoms with Gasteiger partial charge in [0.15, 0.2) is 0 Å². The molecule has 0 saturated carbocycles. The Hall–Kier alpha value is 0.0229. The van der Waals surface area contributed by atoms with Crippen LogP contribution in [0.5, 0.6) is 0 Å². The van der Waals surface area contributed by atoms with Crippen LogP contribution in [0.15, 0.2) is 23.8 Å². The molecule has 0 radical (unpaired) electrons. The molecule has 1 rings (SSSR count). The summed E-state index contributed by atoms with van der Waals surface area (Å²) in [5.74, 6) is 7.41. The second-order valence-corrected chi connectivity index (χ2v) is 15.4. The predicted molar refractivity (Wildman–Crippen MR) is 50.0 cm³/mol. The average Bonchev–Trinajstić information content (AvgIpc) is 2.11. The second kappa shape index (κ2) is 2.57. The first kappa shape index (κ1) is 8.12. The van der Waals surface area contributed by atoms with E-state index < -0.39 is 13.3 Å². The average molecular weight is 197 g/mol. The van der Waals surface area contributed by atoms with E-state index in [2.05, 4.69) is 42.4 Å². The van der Waals surface area contributed by atoms with E-state index in [0.717, 1.165) is 4.75 Å². The van der Waals surface area contributed by atoms with E-state index in [-0.39, 0.29) is 0 Å². The van der Waals surface area contributed by atoms with Crippen LogP contribution in [-0.4, -0.2) is 13.3 Å². The van der Waals surface area contributed by atoms with Crippen molar-refractivity contribution in [2.24, 2.45) is 0 Å². The van der Waals surface area contributed by atoms with Crippen LogP contribution in [0.4, 0.5) is 0 Å². The van der Waals surface area contributed by atoms with E-state index in [1.807, 2.05) is 0 Å². The van der Waals surface area contributed by atoms with Gasteiger partial charge in [0.05, 0.1) is 0 Å². The minimum atomic E-state index is -1.41. The van der Waals surface area contributed by atoms with Crippen molar-refractivity contribution in [2.75, 3.05) is 0 Å². The van der Waals surface area contributed by atoms with E-state index in [4.69, 9.17) is 0 Å². The zero-order chi connectivity index (χ0) is 7.78. The van der Waals surface area contributed by atoms with Crippen molar-refractivity contribution < 1.29 is 0 Å². The Balaban J connectivity index is 2.76. The van der Waals surface area contributed by atoms with Gasteiger partial charge in [-0.25, -0.2) is 0 Å². The van der Waals surface area contributed by atoms with Crippen molar-refractivity contribution >= 4 is 13.3 Å². The van der Waals surface area contributed by atoms with Crippen molar-refractivity contribution in [3.63, 3.8) is 0 Å². The van der Waals surface area contributed by atoms with E-state index in [0.29, 0.717) is 0 Å². The molecule has 0 N–H and O–H groups in total. The molecule has 0 aromatic heterocycles. The van der Waals surface area contributed by atoms with E-state index in [1.54, 1.807) is 5.57 Å². The molecule has 0 aromatic rings. The molecule has 0 heterocycles. The first-order valence-corrected chi connectivity index (χ1v) is 11.4. The molecule has 0 spiro atoms. The molecule has 0 aromatic carbocycles. The predicted octanol–water partition coefficient (Wildman–Crippen LogP) is 3.21. The van der Waals surface area contributed by atoms with Gasteiger partial charge in [-0.3, -0.25) is 0 Å². The first-order chi connectivity index (χ1) is 4.52. The fourth-order valence-electron chi connectivity index (χ4n) is 1.55. The molecule has 0 nitrogen and oxygen atoms in total. The van der Waals surface area contributed by atoms with Crippen molar-refractivity contribution in [3.8, 4) is 0 Å². The van der Waals surface area contributed by atoms with Gasteiger partial charge < -0.3 is 0 Å². The molecule has 1 aliphatic carbocycles. The van der Waals surface area contributed by atoms with Crippen LogP contribution in [0.25, 0.3) is 0 Å². The standard InChI is InChI=1S/C9H16Ge/c1-8-6-5-7-9(8)10(2,3)4/h5-7,9H,1-4H3. The summed E-state index contributed by atoms with van der Waals surface area (Å²) >= 11 is -1.41. The molecular weight excluding hydrogens is 181 g/mol. The van der Waals surface area contributed by atoms with Crippen LogP contribution in [-0.2, 0) is 0 Å². The summed E-state index contributed by atoms with van der Waals surface area (Å²) in [4.78, 5) is 0. The molecule has 0 aliphatic heterocycles. The molecule has 0 fully saturated rings. The Morgan fingerprint density at radius 3 is 2.10 bits per heavy atom. The van der Waals surface area contributed by atoms with Crippen molar-refractivity contribution in [1.29, 1.82) is 0 Å². The first-order valence-electron chi connectivity index (χ1n) is 3.87. The van der Waals surface area contributed by atoms with Crippen LogP contribution < -0.4 is 0 Å². The molecule has 10 heavy (non-hydrogen) atoms. The van der Waals surface area contributed by atoms with Crippen molar-refractivity contribution in [2.45, 2.75) is 28.9 Å². The maximum absolute atomic E-state index is 2.47. The summed E-state index contributed by atoms with van der Waals surface area (Å²) in [6.07, 6.45) is 6.83. The summed E-state index contributed by atoms with van der Waals surface area (Å²) in [6.45, 7) is 2.25. The van der Waals surface area contributed by atoms with E-state index in [9.17, 15) is 0 Å². The third kappa shape index (κ3) is 1.54. The Bertz CT molecular complexity index is 181. The number of hydrogen-bond donors (Lipinski definition) is 0. The SMILES string of the molecule is CC1=CC=C[CH]1[Ge]([CH3])([CH3])[CH3]. The summed E-state index contributed by atoms with van der Waals surface area (Å²) in [6, 6.07) is 0. The van der Waals surface area contributed by atoms with Crippen LogP contribution in [0.2, 0.25) is 22.0 Å². The van der Waals surface area contributed by atoms with Gasteiger partial charge in [-0.2, -0.15) is 0 Å². The summed E-state index contributed by atoms with van der Waals surface area (Å²) in [5.41, 5.74) is 1.58. The third-order valence-electron chi connectivity index (χ3n) is 2.09. The molecule has 0 amide bonds. The van der Waals surface area contributed by atoms with Gasteiger partial charge in [0.1, 0.15) is 0 Å². The summed E-state index contributed by atoms with van der Waals surface area (Å²) in [7, 11) is 0. The van der Waals surface area contributed by atoms with Crippen LogP contribution >= 0.6 is 0 Å². The molecule has 0 bridgehead atoms. The fourth-order valence-corrected chi connectivity index (χ4v) is 6.06. The molecule has 1 atom stereocenters. The van der Waals surface area contributed by atoms with Gasteiger partial charge >= 0.3 is 66.0 Å². The van der Waals surface area contributed by atoms with E-state index >= 15 is 0 Å². The van der Waals surface area contributed by atoms with Crippen LogP contribution in [0.1, 0.15) is 6.92 Å². The van der Waals surface area contributed by atoms with Crippen molar-refractivity contribution in [1.82, 2.24) is 0 Å². The van der Waals surface area contributed by atoms with Gasteiger partial charge in [0.25, 0.3) is 0 Å². The van der Waals surface area contributed by atoms with Crippen LogP contribution in [0.3, 0.4) is 0 Å². The molecular formula is C9H16Ge. The topological polar surface area (TPSA) is 0 Å². The van der Waals surface area contributed by atoms with Gasteiger partial charge in [-0.1, -0.05) is 0 Å². The Labute approximate surface area is 66.4 Å². The molecule has 1 aliphatic rings. The number of rotatable bonds is 1. The van der Waals surface area contributed by atoms with E-state index in [1.165, 1.54) is 0 Å². The van der Waals surface area contributed by atoms with Crippen molar-refractivity contribution in [3.05, 3.63) is 23.8 Å². The van der Waals surface area contributed by atoms with Gasteiger partial charge in [-0.05, 0) is 0 Å². The Morgan fingerprint density at radius 2 is 1.90 bits per heavy atom. The zero-order valence-electron chi connectivity index (χ0n) is 7.31. The zero-order valence-corrected chi connectivity index (χ0v) is 9.41. The number of allylic oxidation sites excluding steroid dienone is 4. The third-order valence-corrected chi connectivity index (χ3v) is 7.36. The van der Waals surface area contributed by atoms with Gasteiger partial charge in [0.2, 0.25) is 0 Å². The van der Waals surface area contributed by atoms with Gasteiger partial charge in [0, 0.05) is 0 Å². The molecule has 1 heteroatoms. The molecule has 0 saturated heterocycles. The Kier molecular flexibility index (Phi) is 2.09. The second-order valence-electron chi connectivity index (χ2n) is 4.14. The molecule has 1 unspecified atom stereocenters. The minimum absolute atomic E-state index is 0.847. The maximum atomic E-state index is 2.47. The van der Waals surface area contributed by atoms with Crippen LogP contribution in [0, 0.1) is 0 Å². The molecule has 56 valence electrons. The Morgan fingerprint density at radius 1 is 1.30 bits per heavy atom. The summed E-state index contributed by atoms with van der Waals surface area (Å²) < 4.78 is 0.847. The summed E-state index contributed by atoms with van der Waals surface area (Å²) in [5, 5.41) is 0. The quantitative estimate of drug-likeness (QED) is 0.566. The normalized spacial score (nSPS) is 25.2. The van der Waals surface area contributed by atoms with Gasteiger partial charge in [-0.15, -0.1) is 0 Å².